The summed E-state index contributed by atoms with van der Waals surface area (Å²) in [6, 6.07) is 40.2. The van der Waals surface area contributed by atoms with Crippen LogP contribution >= 0.6 is 0 Å². The molecule has 0 atom stereocenters. The number of hydrogen-bond acceptors (Lipinski definition) is 3. The molecule has 194 valence electrons. The fourth-order valence-electron chi connectivity index (χ4n) is 5.10. The van der Waals surface area contributed by atoms with E-state index in [1.165, 1.54) is 33.4 Å². The third kappa shape index (κ3) is 5.19. The zero-order valence-electron chi connectivity index (χ0n) is 23.3. The zero-order chi connectivity index (χ0) is 27.6. The van der Waals surface area contributed by atoms with Crippen LogP contribution < -0.4 is 0 Å². The van der Waals surface area contributed by atoms with E-state index >= 15 is 0 Å². The van der Waals surface area contributed by atoms with Gasteiger partial charge in [0, 0.05) is 16.7 Å². The van der Waals surface area contributed by atoms with Gasteiger partial charge in [0.05, 0.1) is 0 Å². The SMILES string of the molecule is Cc1ccc(C)c(-c2cccc(-c3nc(-c4ccccc4)nc(-c4cccc(-c5cc(C)ccc5C)c4)n3)c2)c1. The Morgan fingerprint density at radius 1 is 0.350 bits per heavy atom. The van der Waals surface area contributed by atoms with E-state index in [1.54, 1.807) is 0 Å². The average Bonchev–Trinajstić information content (AvgIpc) is 3.00. The Morgan fingerprint density at radius 3 is 1.23 bits per heavy atom. The molecule has 0 aliphatic heterocycles. The minimum absolute atomic E-state index is 0.660. The van der Waals surface area contributed by atoms with Crippen LogP contribution in [0, 0.1) is 27.7 Å². The normalized spacial score (nSPS) is 11.0. The molecule has 0 N–H and O–H groups in total. The minimum atomic E-state index is 0.660. The van der Waals surface area contributed by atoms with Gasteiger partial charge in [0.25, 0.3) is 0 Å². The van der Waals surface area contributed by atoms with Gasteiger partial charge >= 0.3 is 0 Å². The molecule has 0 aliphatic rings. The molecule has 0 bridgehead atoms. The summed E-state index contributed by atoms with van der Waals surface area (Å²) >= 11 is 0. The van der Waals surface area contributed by atoms with Crippen LogP contribution in [0.1, 0.15) is 22.3 Å². The average molecular weight is 518 g/mol. The summed E-state index contributed by atoms with van der Waals surface area (Å²) in [6.45, 7) is 8.56. The van der Waals surface area contributed by atoms with Crippen molar-refractivity contribution in [3.05, 3.63) is 138 Å². The van der Waals surface area contributed by atoms with Crippen molar-refractivity contribution in [2.24, 2.45) is 0 Å². The quantitative estimate of drug-likeness (QED) is 0.229. The second-order valence-electron chi connectivity index (χ2n) is 10.5. The first kappa shape index (κ1) is 25.4. The van der Waals surface area contributed by atoms with Crippen LogP contribution in [0.15, 0.2) is 115 Å². The molecular weight excluding hydrogens is 486 g/mol. The first-order valence-corrected chi connectivity index (χ1v) is 13.6. The van der Waals surface area contributed by atoms with E-state index in [0.717, 1.165) is 27.8 Å². The molecule has 0 fully saturated rings. The van der Waals surface area contributed by atoms with Gasteiger partial charge in [-0.15, -0.1) is 0 Å². The van der Waals surface area contributed by atoms with Gasteiger partial charge in [-0.05, 0) is 73.2 Å². The molecule has 0 amide bonds. The maximum atomic E-state index is 5.03. The largest absolute Gasteiger partial charge is 0.208 e. The summed E-state index contributed by atoms with van der Waals surface area (Å²) in [7, 11) is 0. The molecule has 6 rings (SSSR count). The van der Waals surface area contributed by atoms with Crippen molar-refractivity contribution in [1.29, 1.82) is 0 Å². The highest BCUT2D eigenvalue weighted by atomic mass is 15.0. The highest BCUT2D eigenvalue weighted by Crippen LogP contribution is 2.32. The number of hydrogen-bond donors (Lipinski definition) is 0. The molecule has 0 unspecified atom stereocenters. The van der Waals surface area contributed by atoms with Crippen LogP contribution in [0.5, 0.6) is 0 Å². The van der Waals surface area contributed by atoms with E-state index < -0.39 is 0 Å². The molecule has 0 aliphatic carbocycles. The van der Waals surface area contributed by atoms with Gasteiger partial charge in [0.1, 0.15) is 0 Å². The van der Waals surface area contributed by atoms with Gasteiger partial charge in [0.2, 0.25) is 0 Å². The monoisotopic (exact) mass is 517 g/mol. The Morgan fingerprint density at radius 2 is 0.750 bits per heavy atom. The summed E-state index contributed by atoms with van der Waals surface area (Å²) < 4.78 is 0. The molecule has 5 aromatic carbocycles. The van der Waals surface area contributed by atoms with Gasteiger partial charge in [-0.2, -0.15) is 0 Å². The smallest absolute Gasteiger partial charge is 0.164 e. The van der Waals surface area contributed by atoms with Gasteiger partial charge in [-0.1, -0.05) is 114 Å². The van der Waals surface area contributed by atoms with E-state index in [9.17, 15) is 0 Å². The Bertz CT molecular complexity index is 1720. The summed E-state index contributed by atoms with van der Waals surface area (Å²) in [5.74, 6) is 1.98. The summed E-state index contributed by atoms with van der Waals surface area (Å²) in [5.41, 5.74) is 12.6. The lowest BCUT2D eigenvalue weighted by Gasteiger charge is -2.12. The molecule has 3 nitrogen and oxygen atoms in total. The number of aryl methyl sites for hydroxylation is 4. The highest BCUT2D eigenvalue weighted by Gasteiger charge is 2.14. The van der Waals surface area contributed by atoms with Crippen molar-refractivity contribution in [1.82, 2.24) is 15.0 Å². The lowest BCUT2D eigenvalue weighted by Crippen LogP contribution is -2.00. The van der Waals surface area contributed by atoms with E-state index in [-0.39, 0.29) is 0 Å². The Kier molecular flexibility index (Phi) is 6.79. The highest BCUT2D eigenvalue weighted by molar-refractivity contribution is 5.76. The van der Waals surface area contributed by atoms with E-state index in [1.807, 2.05) is 30.3 Å². The molecule has 0 saturated heterocycles. The molecule has 0 radical (unpaired) electrons. The maximum absolute atomic E-state index is 5.03. The number of benzene rings is 5. The lowest BCUT2D eigenvalue weighted by atomic mass is 9.96. The number of rotatable bonds is 5. The van der Waals surface area contributed by atoms with Crippen LogP contribution in [0.25, 0.3) is 56.4 Å². The fraction of sp³-hybridized carbons (Fsp3) is 0.108. The molecule has 6 aromatic rings. The Hall–Kier alpha value is -4.89. The second-order valence-corrected chi connectivity index (χ2v) is 10.5. The molecular formula is C37H31N3. The number of nitrogens with zero attached hydrogens (tertiary/aromatic N) is 3. The predicted octanol–water partition coefficient (Wildman–Crippen LogP) is 9.44. The van der Waals surface area contributed by atoms with Crippen LogP contribution in [-0.4, -0.2) is 15.0 Å². The van der Waals surface area contributed by atoms with Crippen molar-refractivity contribution >= 4 is 0 Å². The van der Waals surface area contributed by atoms with Crippen molar-refractivity contribution in [2.75, 3.05) is 0 Å². The fourth-order valence-corrected chi connectivity index (χ4v) is 5.10. The Balaban J connectivity index is 1.51. The summed E-state index contributed by atoms with van der Waals surface area (Å²) in [5, 5.41) is 0. The van der Waals surface area contributed by atoms with Gasteiger partial charge in [0.15, 0.2) is 17.5 Å². The predicted molar refractivity (Wildman–Crippen MR) is 166 cm³/mol. The maximum Gasteiger partial charge on any atom is 0.164 e. The lowest BCUT2D eigenvalue weighted by molar-refractivity contribution is 1.07. The molecule has 40 heavy (non-hydrogen) atoms. The van der Waals surface area contributed by atoms with Crippen LogP contribution in [0.3, 0.4) is 0 Å². The standard InChI is InChI=1S/C37H31N3/c1-24-16-18-26(3)33(20-24)29-12-8-14-31(22-29)36-38-35(28-10-6-5-7-11-28)39-37(40-36)32-15-9-13-30(23-32)34-21-25(2)17-19-27(34)4/h5-23H,1-4H3. The molecule has 1 aromatic heterocycles. The first-order chi connectivity index (χ1) is 19.4. The third-order valence-corrected chi connectivity index (χ3v) is 7.32. The van der Waals surface area contributed by atoms with E-state index in [2.05, 4.69) is 113 Å². The van der Waals surface area contributed by atoms with Gasteiger partial charge in [-0.3, -0.25) is 0 Å². The molecule has 0 spiro atoms. The van der Waals surface area contributed by atoms with Crippen LogP contribution in [0.4, 0.5) is 0 Å². The number of aromatic nitrogens is 3. The van der Waals surface area contributed by atoms with Crippen molar-refractivity contribution in [3.63, 3.8) is 0 Å². The summed E-state index contributed by atoms with van der Waals surface area (Å²) in [6.07, 6.45) is 0. The van der Waals surface area contributed by atoms with Crippen molar-refractivity contribution in [2.45, 2.75) is 27.7 Å². The second kappa shape index (κ2) is 10.7. The van der Waals surface area contributed by atoms with Gasteiger partial charge < -0.3 is 0 Å². The topological polar surface area (TPSA) is 38.7 Å². The van der Waals surface area contributed by atoms with Crippen LogP contribution in [0.2, 0.25) is 0 Å². The first-order valence-electron chi connectivity index (χ1n) is 13.6. The molecule has 1 heterocycles. The molecule has 0 saturated carbocycles. The zero-order valence-corrected chi connectivity index (χ0v) is 23.3. The van der Waals surface area contributed by atoms with E-state index in [4.69, 9.17) is 15.0 Å². The van der Waals surface area contributed by atoms with E-state index in [0.29, 0.717) is 17.5 Å². The van der Waals surface area contributed by atoms with Crippen molar-refractivity contribution < 1.29 is 0 Å². The third-order valence-electron chi connectivity index (χ3n) is 7.32. The van der Waals surface area contributed by atoms with Crippen LogP contribution in [-0.2, 0) is 0 Å². The molecule has 3 heteroatoms. The van der Waals surface area contributed by atoms with Gasteiger partial charge in [-0.25, -0.2) is 15.0 Å². The Labute approximate surface area is 236 Å². The minimum Gasteiger partial charge on any atom is -0.208 e. The van der Waals surface area contributed by atoms with Crippen molar-refractivity contribution in [3.8, 4) is 56.4 Å². The summed E-state index contributed by atoms with van der Waals surface area (Å²) in [4.78, 5) is 14.9.